The van der Waals surface area contributed by atoms with Crippen LogP contribution in [0.5, 0.6) is 0 Å². The minimum Gasteiger partial charge on any atom is -0.340 e. The zero-order valence-electron chi connectivity index (χ0n) is 17.3. The van der Waals surface area contributed by atoms with E-state index in [1.165, 1.54) is 30.9 Å². The molecule has 0 fully saturated rings. The van der Waals surface area contributed by atoms with Gasteiger partial charge in [-0.15, -0.1) is 0 Å². The molecule has 3 aromatic rings. The van der Waals surface area contributed by atoms with Crippen molar-refractivity contribution in [3.8, 4) is 11.3 Å². The van der Waals surface area contributed by atoms with E-state index in [0.717, 1.165) is 16.9 Å². The van der Waals surface area contributed by atoms with Gasteiger partial charge in [0.2, 0.25) is 0 Å². The fourth-order valence-electron chi connectivity index (χ4n) is 3.17. The lowest BCUT2D eigenvalue weighted by molar-refractivity contribution is -0.142. The van der Waals surface area contributed by atoms with Gasteiger partial charge in [0.25, 0.3) is 5.91 Å². The first-order valence-electron chi connectivity index (χ1n) is 9.11. The average molecular weight is 460 g/mol. The summed E-state index contributed by atoms with van der Waals surface area (Å²) >= 11 is 0. The van der Waals surface area contributed by atoms with Crippen molar-refractivity contribution >= 4 is 5.91 Å². The summed E-state index contributed by atoms with van der Waals surface area (Å²) in [4.78, 5) is 15.9. The number of halogens is 6. The fourth-order valence-corrected chi connectivity index (χ4v) is 3.17. The predicted octanol–water partition coefficient (Wildman–Crippen LogP) is 3.92. The van der Waals surface area contributed by atoms with E-state index < -0.39 is 35.2 Å². The molecule has 0 radical (unpaired) electrons. The Morgan fingerprint density at radius 3 is 2.09 bits per heavy atom. The van der Waals surface area contributed by atoms with E-state index in [4.69, 9.17) is 0 Å². The molecular formula is C19H18F6N6O. The normalized spacial score (nSPS) is 12.8. The second-order valence-electron chi connectivity index (χ2n) is 7.58. The molecule has 172 valence electrons. The molecule has 0 saturated carbocycles. The van der Waals surface area contributed by atoms with Gasteiger partial charge in [0, 0.05) is 31.9 Å². The minimum absolute atomic E-state index is 0.165. The van der Waals surface area contributed by atoms with Crippen LogP contribution in [0.3, 0.4) is 0 Å². The van der Waals surface area contributed by atoms with Gasteiger partial charge in [0.1, 0.15) is 11.4 Å². The summed E-state index contributed by atoms with van der Waals surface area (Å²) < 4.78 is 79.7. The standard InChI is InChI=1S/C19H18F6N6O/c1-17(2,27-16(32)12-9-14(19(23,24)25)29-30(12)3)15-8-11(28-31(15)4)10-5-6-26-13(7-10)18(20,21)22/h5-9H,1-4H3,(H,27,32). The monoisotopic (exact) mass is 460 g/mol. The molecule has 32 heavy (non-hydrogen) atoms. The van der Waals surface area contributed by atoms with Crippen LogP contribution in [0, 0.1) is 0 Å². The van der Waals surface area contributed by atoms with Crippen LogP contribution in [0.15, 0.2) is 30.5 Å². The Kier molecular flexibility index (Phi) is 5.56. The summed E-state index contributed by atoms with van der Waals surface area (Å²) in [5.41, 5.74) is -2.95. The van der Waals surface area contributed by atoms with E-state index in [1.807, 2.05) is 0 Å². The number of aromatic nitrogens is 5. The minimum atomic E-state index is -4.71. The van der Waals surface area contributed by atoms with E-state index in [9.17, 15) is 31.1 Å². The molecule has 0 saturated heterocycles. The number of carbonyl (C=O) groups excluding carboxylic acids is 1. The molecule has 3 heterocycles. The summed E-state index contributed by atoms with van der Waals surface area (Å²) in [6.45, 7) is 3.17. The van der Waals surface area contributed by atoms with Crippen LogP contribution >= 0.6 is 0 Å². The van der Waals surface area contributed by atoms with Crippen LogP contribution in [0.1, 0.15) is 41.4 Å². The van der Waals surface area contributed by atoms with Crippen molar-refractivity contribution in [2.75, 3.05) is 0 Å². The van der Waals surface area contributed by atoms with E-state index in [0.29, 0.717) is 11.8 Å². The molecule has 0 spiro atoms. The molecule has 0 atom stereocenters. The van der Waals surface area contributed by atoms with Crippen molar-refractivity contribution in [1.82, 2.24) is 29.9 Å². The van der Waals surface area contributed by atoms with Gasteiger partial charge in [-0.2, -0.15) is 36.5 Å². The third-order valence-corrected chi connectivity index (χ3v) is 4.70. The van der Waals surface area contributed by atoms with Crippen molar-refractivity contribution in [2.45, 2.75) is 31.7 Å². The van der Waals surface area contributed by atoms with E-state index >= 15 is 0 Å². The Morgan fingerprint density at radius 2 is 1.53 bits per heavy atom. The number of rotatable bonds is 4. The zero-order valence-corrected chi connectivity index (χ0v) is 17.3. The Labute approximate surface area is 178 Å². The molecule has 13 heteroatoms. The highest BCUT2D eigenvalue weighted by Gasteiger charge is 2.37. The second-order valence-corrected chi connectivity index (χ2v) is 7.58. The van der Waals surface area contributed by atoms with Gasteiger partial charge in [0.05, 0.1) is 16.9 Å². The number of hydrogen-bond donors (Lipinski definition) is 1. The summed E-state index contributed by atoms with van der Waals surface area (Å²) in [6, 6.07) is 4.34. The molecule has 3 rings (SSSR count). The number of nitrogens with zero attached hydrogens (tertiary/aromatic N) is 5. The zero-order chi connectivity index (χ0) is 24.1. The molecule has 0 bridgehead atoms. The highest BCUT2D eigenvalue weighted by atomic mass is 19.4. The third kappa shape index (κ3) is 4.60. The van der Waals surface area contributed by atoms with Crippen LogP contribution in [-0.2, 0) is 32.0 Å². The third-order valence-electron chi connectivity index (χ3n) is 4.70. The first kappa shape index (κ1) is 23.3. The molecule has 0 aliphatic heterocycles. The van der Waals surface area contributed by atoms with Crippen LogP contribution in [0.4, 0.5) is 26.3 Å². The Morgan fingerprint density at radius 1 is 0.906 bits per heavy atom. The first-order valence-corrected chi connectivity index (χ1v) is 9.11. The lowest BCUT2D eigenvalue weighted by Crippen LogP contribution is -2.43. The van der Waals surface area contributed by atoms with Crippen LogP contribution < -0.4 is 5.32 Å². The SMILES string of the molecule is Cn1nc(C(F)(F)F)cc1C(=O)NC(C)(C)c1cc(-c2ccnc(C(F)(F)F)c2)nn1C. The first-order chi connectivity index (χ1) is 14.6. The molecule has 0 aromatic carbocycles. The van der Waals surface area contributed by atoms with Gasteiger partial charge in [-0.05, 0) is 32.0 Å². The van der Waals surface area contributed by atoms with E-state index in [2.05, 4.69) is 20.5 Å². The van der Waals surface area contributed by atoms with E-state index in [1.54, 1.807) is 13.8 Å². The number of carbonyl (C=O) groups is 1. The fraction of sp³-hybridized carbons (Fsp3) is 0.368. The smallest absolute Gasteiger partial charge is 0.340 e. The maximum atomic E-state index is 13.0. The highest BCUT2D eigenvalue weighted by molar-refractivity contribution is 5.93. The van der Waals surface area contributed by atoms with Gasteiger partial charge >= 0.3 is 12.4 Å². The predicted molar refractivity (Wildman–Crippen MR) is 100 cm³/mol. The lowest BCUT2D eigenvalue weighted by atomic mass is 9.99. The van der Waals surface area contributed by atoms with Crippen molar-refractivity contribution in [3.63, 3.8) is 0 Å². The highest BCUT2D eigenvalue weighted by Crippen LogP contribution is 2.32. The number of alkyl halides is 6. The van der Waals surface area contributed by atoms with Crippen LogP contribution in [0.2, 0.25) is 0 Å². The Hall–Kier alpha value is -3.38. The molecule has 1 amide bonds. The van der Waals surface area contributed by atoms with Gasteiger partial charge in [0.15, 0.2) is 5.69 Å². The van der Waals surface area contributed by atoms with Crippen LogP contribution in [-0.4, -0.2) is 30.5 Å². The summed E-state index contributed by atoms with van der Waals surface area (Å²) in [5, 5.41) is 10.1. The number of hydrogen-bond acceptors (Lipinski definition) is 4. The molecule has 0 aliphatic carbocycles. The maximum absolute atomic E-state index is 13.0. The van der Waals surface area contributed by atoms with Gasteiger partial charge in [-0.3, -0.25) is 19.1 Å². The van der Waals surface area contributed by atoms with Crippen molar-refractivity contribution < 1.29 is 31.1 Å². The maximum Gasteiger partial charge on any atom is 0.435 e. The molecule has 3 aromatic heterocycles. The van der Waals surface area contributed by atoms with Crippen molar-refractivity contribution in [1.29, 1.82) is 0 Å². The summed E-state index contributed by atoms with van der Waals surface area (Å²) in [5.74, 6) is -0.813. The number of nitrogens with one attached hydrogen (secondary N) is 1. The lowest BCUT2D eigenvalue weighted by Gasteiger charge is -2.26. The Bertz CT molecular complexity index is 1160. The van der Waals surface area contributed by atoms with Gasteiger partial charge in [-0.1, -0.05) is 0 Å². The summed E-state index contributed by atoms with van der Waals surface area (Å²) in [7, 11) is 2.74. The molecule has 1 N–H and O–H groups in total. The molecule has 0 unspecified atom stereocenters. The number of aryl methyl sites for hydroxylation is 2. The average Bonchev–Trinajstić information content (AvgIpc) is 3.24. The second kappa shape index (κ2) is 7.64. The topological polar surface area (TPSA) is 77.6 Å². The molecule has 7 nitrogen and oxygen atoms in total. The van der Waals surface area contributed by atoms with E-state index in [-0.39, 0.29) is 17.0 Å². The molecular weight excluding hydrogens is 442 g/mol. The van der Waals surface area contributed by atoms with Crippen LogP contribution in [0.25, 0.3) is 11.3 Å². The summed E-state index contributed by atoms with van der Waals surface area (Å²) in [6.07, 6.45) is -8.32. The largest absolute Gasteiger partial charge is 0.435 e. The van der Waals surface area contributed by atoms with Gasteiger partial charge in [-0.25, -0.2) is 0 Å². The van der Waals surface area contributed by atoms with Crippen molar-refractivity contribution in [3.05, 3.63) is 53.2 Å². The van der Waals surface area contributed by atoms with Crippen molar-refractivity contribution in [2.24, 2.45) is 14.1 Å². The number of pyridine rings is 1. The number of amides is 1. The van der Waals surface area contributed by atoms with Gasteiger partial charge < -0.3 is 5.32 Å². The quantitative estimate of drug-likeness (QED) is 0.599. The Balaban J connectivity index is 1.90. The molecule has 0 aliphatic rings.